The van der Waals surface area contributed by atoms with E-state index >= 15 is 0 Å². The zero-order chi connectivity index (χ0) is 19.1. The molecule has 27 heavy (non-hydrogen) atoms. The fraction of sp³-hybridized carbons (Fsp3) is 0.647. The molecule has 0 spiro atoms. The third-order valence-electron chi connectivity index (χ3n) is 4.98. The molecule has 2 N–H and O–H groups in total. The number of halogens is 1. The summed E-state index contributed by atoms with van der Waals surface area (Å²) in [6.45, 7) is 3.24. The lowest BCUT2D eigenvalue weighted by Crippen LogP contribution is -2.31. The Morgan fingerprint density at radius 1 is 1.37 bits per heavy atom. The number of carbonyl (C=O) groups excluding carboxylic acids is 1. The van der Waals surface area contributed by atoms with Crippen LogP contribution in [0, 0.1) is 0 Å². The molecule has 2 aromatic rings. The van der Waals surface area contributed by atoms with Crippen LogP contribution in [0.3, 0.4) is 0 Å². The summed E-state index contributed by atoms with van der Waals surface area (Å²) in [5, 5.41) is 0. The quantitative estimate of drug-likeness (QED) is 0.569. The minimum Gasteiger partial charge on any atom is -0.460 e. The molecule has 1 saturated carbocycles. The molecule has 1 saturated heterocycles. The summed E-state index contributed by atoms with van der Waals surface area (Å²) in [5.41, 5.74) is 7.08. The van der Waals surface area contributed by atoms with Crippen LogP contribution >= 0.6 is 15.9 Å². The number of esters is 1. The molecule has 0 bridgehead atoms. The highest BCUT2D eigenvalue weighted by atomic mass is 79.9. The van der Waals surface area contributed by atoms with Crippen molar-refractivity contribution in [3.05, 3.63) is 6.33 Å². The van der Waals surface area contributed by atoms with Gasteiger partial charge in [-0.1, -0.05) is 15.9 Å². The van der Waals surface area contributed by atoms with Gasteiger partial charge in [-0.05, 0) is 32.6 Å². The number of anilines is 1. The third-order valence-corrected chi connectivity index (χ3v) is 5.95. The molecule has 10 heteroatoms. The second-order valence-electron chi connectivity index (χ2n) is 6.99. The lowest BCUT2D eigenvalue weighted by molar-refractivity contribution is -0.148. The van der Waals surface area contributed by atoms with Crippen LogP contribution in [0.1, 0.15) is 45.8 Å². The van der Waals surface area contributed by atoms with Gasteiger partial charge in [-0.2, -0.15) is 9.97 Å². The lowest BCUT2D eigenvalue weighted by Gasteiger charge is -2.18. The molecule has 1 aliphatic heterocycles. The number of alkyl halides is 1. The Morgan fingerprint density at radius 3 is 2.81 bits per heavy atom. The molecular weight excluding hydrogens is 418 g/mol. The van der Waals surface area contributed by atoms with Crippen LogP contribution in [-0.2, 0) is 14.3 Å². The van der Waals surface area contributed by atoms with Gasteiger partial charge in [0, 0.05) is 6.92 Å². The first-order valence-corrected chi connectivity index (χ1v) is 9.99. The van der Waals surface area contributed by atoms with Crippen LogP contribution in [0.5, 0.6) is 6.01 Å². The summed E-state index contributed by atoms with van der Waals surface area (Å²) in [6, 6.07) is 0.252. The standard InChI is InChI=1S/C17H22BrN5O4/c1-8-13(26-9(2)24)11(18)16(25-8)23-7-20-12-14(19)21-17(22-15(12)23)27-10-5-3-4-6-10/h7-8,10-11,13,16H,3-6H2,1-2H3,(H2,19,21,22)/t8-,11+,13-,16-/m1/s1. The van der Waals surface area contributed by atoms with Crippen molar-refractivity contribution in [2.45, 2.75) is 68.9 Å². The van der Waals surface area contributed by atoms with Crippen molar-refractivity contribution in [1.82, 2.24) is 19.5 Å². The number of ether oxygens (including phenoxy) is 3. The Balaban J connectivity index is 1.65. The van der Waals surface area contributed by atoms with E-state index in [0.717, 1.165) is 25.7 Å². The highest BCUT2D eigenvalue weighted by Gasteiger charge is 2.44. The summed E-state index contributed by atoms with van der Waals surface area (Å²) in [6.07, 6.45) is 4.87. The molecule has 4 atom stereocenters. The highest BCUT2D eigenvalue weighted by molar-refractivity contribution is 9.09. The van der Waals surface area contributed by atoms with Crippen molar-refractivity contribution in [1.29, 1.82) is 0 Å². The second kappa shape index (κ2) is 7.23. The molecule has 0 unspecified atom stereocenters. The van der Waals surface area contributed by atoms with E-state index in [1.807, 2.05) is 6.92 Å². The number of hydrogen-bond donors (Lipinski definition) is 1. The van der Waals surface area contributed by atoms with E-state index in [1.165, 1.54) is 6.92 Å². The van der Waals surface area contributed by atoms with E-state index in [9.17, 15) is 4.79 Å². The van der Waals surface area contributed by atoms with Crippen molar-refractivity contribution in [3.63, 3.8) is 0 Å². The number of fused-ring (bicyclic) bond motifs is 1. The Hall–Kier alpha value is -1.94. The minimum atomic E-state index is -0.456. The van der Waals surface area contributed by atoms with Gasteiger partial charge in [-0.25, -0.2) is 4.98 Å². The third kappa shape index (κ3) is 3.47. The van der Waals surface area contributed by atoms with Gasteiger partial charge in [0.1, 0.15) is 12.2 Å². The minimum absolute atomic E-state index is 0.123. The zero-order valence-corrected chi connectivity index (χ0v) is 16.8. The average molecular weight is 440 g/mol. The number of aromatic nitrogens is 4. The van der Waals surface area contributed by atoms with Gasteiger partial charge in [0.15, 0.2) is 23.2 Å². The zero-order valence-electron chi connectivity index (χ0n) is 15.2. The summed E-state index contributed by atoms with van der Waals surface area (Å²) >= 11 is 3.60. The van der Waals surface area contributed by atoms with E-state index in [2.05, 4.69) is 30.9 Å². The van der Waals surface area contributed by atoms with E-state index in [-0.39, 0.29) is 34.8 Å². The van der Waals surface area contributed by atoms with Crippen LogP contribution in [0.2, 0.25) is 0 Å². The molecule has 0 aromatic carbocycles. The van der Waals surface area contributed by atoms with Crippen molar-refractivity contribution < 1.29 is 19.0 Å². The van der Waals surface area contributed by atoms with Gasteiger partial charge in [0.2, 0.25) is 0 Å². The first kappa shape index (κ1) is 18.4. The van der Waals surface area contributed by atoms with Crippen molar-refractivity contribution in [2.24, 2.45) is 0 Å². The van der Waals surface area contributed by atoms with Crippen molar-refractivity contribution in [2.75, 3.05) is 5.73 Å². The van der Waals surface area contributed by atoms with Crippen LogP contribution < -0.4 is 10.5 Å². The SMILES string of the molecule is CC(=O)O[C@H]1[C@H](Br)[C@H](n2cnc3c(N)nc(OC4CCCC4)nc32)O[C@@H]1C. The number of carbonyl (C=O) groups is 1. The second-order valence-corrected chi connectivity index (χ2v) is 8.05. The molecule has 2 aromatic heterocycles. The molecule has 9 nitrogen and oxygen atoms in total. The first-order chi connectivity index (χ1) is 12.9. The molecule has 146 valence electrons. The maximum atomic E-state index is 11.4. The molecular formula is C17H22BrN5O4. The highest BCUT2D eigenvalue weighted by Crippen LogP contribution is 2.38. The Morgan fingerprint density at radius 2 is 2.11 bits per heavy atom. The van der Waals surface area contributed by atoms with Gasteiger partial charge < -0.3 is 19.9 Å². The lowest BCUT2D eigenvalue weighted by atomic mass is 10.2. The van der Waals surface area contributed by atoms with E-state index < -0.39 is 12.3 Å². The number of rotatable bonds is 4. The fourth-order valence-corrected chi connectivity index (χ4v) is 4.59. The maximum Gasteiger partial charge on any atom is 0.320 e. The van der Waals surface area contributed by atoms with Gasteiger partial charge in [0.05, 0.1) is 17.3 Å². The largest absolute Gasteiger partial charge is 0.460 e. The van der Waals surface area contributed by atoms with Gasteiger partial charge >= 0.3 is 12.0 Å². The van der Waals surface area contributed by atoms with E-state index in [0.29, 0.717) is 11.2 Å². The van der Waals surface area contributed by atoms with E-state index in [1.54, 1.807) is 10.9 Å². The number of nitrogens with two attached hydrogens (primary N) is 1. The monoisotopic (exact) mass is 439 g/mol. The number of nitrogen functional groups attached to an aromatic ring is 1. The van der Waals surface area contributed by atoms with Gasteiger partial charge in [0.25, 0.3) is 0 Å². The van der Waals surface area contributed by atoms with Gasteiger partial charge in [-0.3, -0.25) is 9.36 Å². The van der Waals surface area contributed by atoms with Crippen LogP contribution in [0.25, 0.3) is 11.2 Å². The predicted octanol–water partition coefficient (Wildman–Crippen LogP) is 2.34. The van der Waals surface area contributed by atoms with E-state index in [4.69, 9.17) is 19.9 Å². The van der Waals surface area contributed by atoms with Gasteiger partial charge in [-0.15, -0.1) is 0 Å². The Labute approximate surface area is 164 Å². The molecule has 2 fully saturated rings. The summed E-state index contributed by atoms with van der Waals surface area (Å²) in [4.78, 5) is 24.2. The smallest absolute Gasteiger partial charge is 0.320 e. The van der Waals surface area contributed by atoms with Crippen molar-refractivity contribution in [3.8, 4) is 6.01 Å². The molecule has 1 aliphatic carbocycles. The van der Waals surface area contributed by atoms with Crippen LogP contribution in [-0.4, -0.2) is 48.6 Å². The molecule has 3 heterocycles. The number of nitrogens with zero attached hydrogens (tertiary/aromatic N) is 4. The summed E-state index contributed by atoms with van der Waals surface area (Å²) < 4.78 is 19.1. The molecule has 4 rings (SSSR count). The van der Waals surface area contributed by atoms with Crippen LogP contribution in [0.4, 0.5) is 5.82 Å². The Kier molecular flexibility index (Phi) is 4.94. The first-order valence-electron chi connectivity index (χ1n) is 9.07. The molecule has 2 aliphatic rings. The normalized spacial score (nSPS) is 28.7. The topological polar surface area (TPSA) is 114 Å². The fourth-order valence-electron chi connectivity index (χ4n) is 3.68. The summed E-state index contributed by atoms with van der Waals surface area (Å²) in [7, 11) is 0. The molecule has 0 amide bonds. The maximum absolute atomic E-state index is 11.4. The predicted molar refractivity (Wildman–Crippen MR) is 100 cm³/mol. The molecule has 0 radical (unpaired) electrons. The number of imidazole rings is 1. The van der Waals surface area contributed by atoms with Crippen LogP contribution in [0.15, 0.2) is 6.33 Å². The summed E-state index contributed by atoms with van der Waals surface area (Å²) in [5.74, 6) is -0.0877. The van der Waals surface area contributed by atoms with Crippen molar-refractivity contribution >= 4 is 38.9 Å². The Bertz CT molecular complexity index is 853. The average Bonchev–Trinajstić information content (AvgIpc) is 3.31. The number of hydrogen-bond acceptors (Lipinski definition) is 8.